The van der Waals surface area contributed by atoms with Gasteiger partial charge in [0, 0.05) is 13.0 Å². The molecule has 0 bridgehead atoms. The summed E-state index contributed by atoms with van der Waals surface area (Å²) >= 11 is 0. The van der Waals surface area contributed by atoms with Crippen molar-refractivity contribution in [3.8, 4) is 0 Å². The summed E-state index contributed by atoms with van der Waals surface area (Å²) in [5.74, 6) is -0.509. The molecule has 0 aromatic heterocycles. The zero-order valence-electron chi connectivity index (χ0n) is 11.7. The monoisotopic (exact) mass is 255 g/mol. The van der Waals surface area contributed by atoms with Crippen LogP contribution < -0.4 is 5.32 Å². The number of hydrogen-bond acceptors (Lipinski definition) is 2. The summed E-state index contributed by atoms with van der Waals surface area (Å²) in [6, 6.07) is 0. The summed E-state index contributed by atoms with van der Waals surface area (Å²) in [6.07, 6.45) is 4.92. The highest BCUT2D eigenvalue weighted by molar-refractivity contribution is 5.84. The van der Waals surface area contributed by atoms with E-state index >= 15 is 0 Å². The van der Waals surface area contributed by atoms with Crippen LogP contribution in [0.15, 0.2) is 0 Å². The minimum absolute atomic E-state index is 0.0622. The van der Waals surface area contributed by atoms with Crippen LogP contribution in [0.1, 0.15) is 52.9 Å². The molecule has 1 fully saturated rings. The molecule has 0 spiro atoms. The number of hydrogen-bond donors (Lipinski definition) is 2. The van der Waals surface area contributed by atoms with Crippen LogP contribution in [-0.4, -0.2) is 23.5 Å². The van der Waals surface area contributed by atoms with Gasteiger partial charge < -0.3 is 10.4 Å². The molecular formula is C14H25NO3. The lowest BCUT2D eigenvalue weighted by Gasteiger charge is -2.28. The predicted molar refractivity (Wildman–Crippen MR) is 70.2 cm³/mol. The van der Waals surface area contributed by atoms with E-state index < -0.39 is 11.4 Å². The third-order valence-corrected chi connectivity index (χ3v) is 4.35. The fourth-order valence-corrected chi connectivity index (χ4v) is 2.40. The summed E-state index contributed by atoms with van der Waals surface area (Å²) in [5.41, 5.74) is -0.972. The zero-order valence-corrected chi connectivity index (χ0v) is 11.7. The van der Waals surface area contributed by atoms with Crippen molar-refractivity contribution in [2.75, 3.05) is 6.54 Å². The molecule has 1 amide bonds. The molecule has 0 aromatic carbocycles. The number of carboxylic acid groups (broad SMARTS) is 1. The van der Waals surface area contributed by atoms with Gasteiger partial charge in [-0.25, -0.2) is 0 Å². The highest BCUT2D eigenvalue weighted by Gasteiger charge is 2.38. The molecule has 2 N–H and O–H groups in total. The molecule has 4 nitrogen and oxygen atoms in total. The summed E-state index contributed by atoms with van der Waals surface area (Å²) in [5, 5.41) is 12.1. The summed E-state index contributed by atoms with van der Waals surface area (Å²) in [4.78, 5) is 23.1. The third kappa shape index (κ3) is 3.72. The van der Waals surface area contributed by atoms with Crippen LogP contribution in [0.2, 0.25) is 0 Å². The minimum atomic E-state index is -0.972. The molecule has 1 rings (SSSR count). The van der Waals surface area contributed by atoms with Gasteiger partial charge in [0.2, 0.25) is 5.91 Å². The number of carboxylic acids is 1. The van der Waals surface area contributed by atoms with Crippen LogP contribution in [-0.2, 0) is 9.59 Å². The fourth-order valence-electron chi connectivity index (χ4n) is 2.40. The molecule has 1 saturated carbocycles. The molecule has 4 heteroatoms. The Labute approximate surface area is 109 Å². The Morgan fingerprint density at radius 3 is 2.33 bits per heavy atom. The van der Waals surface area contributed by atoms with E-state index in [0.717, 1.165) is 0 Å². The van der Waals surface area contributed by atoms with Gasteiger partial charge in [0.25, 0.3) is 0 Å². The molecule has 1 atom stereocenters. The van der Waals surface area contributed by atoms with Crippen LogP contribution in [0.3, 0.4) is 0 Å². The lowest BCUT2D eigenvalue weighted by atomic mass is 9.76. The summed E-state index contributed by atoms with van der Waals surface area (Å²) in [7, 11) is 0. The second-order valence-electron chi connectivity index (χ2n) is 6.01. The fraction of sp³-hybridized carbons (Fsp3) is 0.857. The van der Waals surface area contributed by atoms with Gasteiger partial charge in [0.1, 0.15) is 0 Å². The molecule has 1 aliphatic carbocycles. The van der Waals surface area contributed by atoms with Gasteiger partial charge >= 0.3 is 5.97 Å². The Hall–Kier alpha value is -1.06. The van der Waals surface area contributed by atoms with Crippen molar-refractivity contribution in [2.24, 2.45) is 17.3 Å². The first-order chi connectivity index (χ1) is 8.36. The van der Waals surface area contributed by atoms with Crippen LogP contribution >= 0.6 is 0 Å². The average Bonchev–Trinajstić information content (AvgIpc) is 2.78. The van der Waals surface area contributed by atoms with Crippen molar-refractivity contribution in [3.05, 3.63) is 0 Å². The topological polar surface area (TPSA) is 66.4 Å². The quantitative estimate of drug-likeness (QED) is 0.766. The number of carbonyl (C=O) groups is 2. The molecule has 1 unspecified atom stereocenters. The van der Waals surface area contributed by atoms with Crippen LogP contribution in [0.5, 0.6) is 0 Å². The van der Waals surface area contributed by atoms with E-state index in [2.05, 4.69) is 5.32 Å². The SMILES string of the molecule is CC(C)C(C)(CC(=O)NCC1CCCC1)C(=O)O. The Bertz CT molecular complexity index is 308. The van der Waals surface area contributed by atoms with E-state index in [0.29, 0.717) is 12.5 Å². The smallest absolute Gasteiger partial charge is 0.310 e. The lowest BCUT2D eigenvalue weighted by molar-refractivity contribution is -0.153. The van der Waals surface area contributed by atoms with E-state index in [4.69, 9.17) is 0 Å². The average molecular weight is 255 g/mol. The molecule has 104 valence electrons. The molecule has 0 aromatic rings. The first-order valence-corrected chi connectivity index (χ1v) is 6.86. The van der Waals surface area contributed by atoms with Gasteiger partial charge in [-0.05, 0) is 31.6 Å². The highest BCUT2D eigenvalue weighted by Crippen LogP contribution is 2.31. The van der Waals surface area contributed by atoms with Crippen LogP contribution in [0.4, 0.5) is 0 Å². The molecule has 0 aliphatic heterocycles. The molecule has 0 saturated heterocycles. The maximum Gasteiger partial charge on any atom is 0.310 e. The third-order valence-electron chi connectivity index (χ3n) is 4.35. The molecular weight excluding hydrogens is 230 g/mol. The van der Waals surface area contributed by atoms with E-state index in [1.165, 1.54) is 25.7 Å². The largest absolute Gasteiger partial charge is 0.481 e. The van der Waals surface area contributed by atoms with Crippen LogP contribution in [0, 0.1) is 17.3 Å². The van der Waals surface area contributed by atoms with E-state index in [1.807, 2.05) is 13.8 Å². The number of nitrogens with one attached hydrogen (secondary N) is 1. The van der Waals surface area contributed by atoms with Crippen molar-refractivity contribution >= 4 is 11.9 Å². The summed E-state index contributed by atoms with van der Waals surface area (Å²) < 4.78 is 0. The molecule has 1 aliphatic rings. The molecule has 0 heterocycles. The number of rotatable bonds is 6. The van der Waals surface area contributed by atoms with Gasteiger partial charge in [-0.2, -0.15) is 0 Å². The van der Waals surface area contributed by atoms with Crippen molar-refractivity contribution < 1.29 is 14.7 Å². The van der Waals surface area contributed by atoms with Gasteiger partial charge in [-0.3, -0.25) is 9.59 Å². The van der Waals surface area contributed by atoms with Crippen molar-refractivity contribution in [1.29, 1.82) is 0 Å². The minimum Gasteiger partial charge on any atom is -0.481 e. The van der Waals surface area contributed by atoms with Crippen molar-refractivity contribution in [2.45, 2.75) is 52.9 Å². The predicted octanol–water partition coefficient (Wildman–Crippen LogP) is 2.43. The van der Waals surface area contributed by atoms with Crippen molar-refractivity contribution in [1.82, 2.24) is 5.32 Å². The van der Waals surface area contributed by atoms with Gasteiger partial charge in [0.15, 0.2) is 0 Å². The first kappa shape index (κ1) is 15.0. The second kappa shape index (κ2) is 6.21. The van der Waals surface area contributed by atoms with E-state index in [-0.39, 0.29) is 18.2 Å². The standard InChI is InChI=1S/C14H25NO3/c1-10(2)14(3,13(17)18)8-12(16)15-9-11-6-4-5-7-11/h10-11H,4-9H2,1-3H3,(H,15,16)(H,17,18). The first-order valence-electron chi connectivity index (χ1n) is 6.86. The lowest BCUT2D eigenvalue weighted by Crippen LogP contribution is -2.40. The second-order valence-corrected chi connectivity index (χ2v) is 6.01. The Morgan fingerprint density at radius 1 is 1.33 bits per heavy atom. The van der Waals surface area contributed by atoms with Gasteiger partial charge in [-0.15, -0.1) is 0 Å². The Balaban J connectivity index is 2.44. The number of amides is 1. The maximum absolute atomic E-state index is 11.8. The van der Waals surface area contributed by atoms with E-state index in [9.17, 15) is 14.7 Å². The summed E-state index contributed by atoms with van der Waals surface area (Å²) in [6.45, 7) is 6.04. The zero-order chi connectivity index (χ0) is 13.8. The molecule has 18 heavy (non-hydrogen) atoms. The van der Waals surface area contributed by atoms with E-state index in [1.54, 1.807) is 6.92 Å². The van der Waals surface area contributed by atoms with Gasteiger partial charge in [-0.1, -0.05) is 26.7 Å². The Kier molecular flexibility index (Phi) is 5.17. The Morgan fingerprint density at radius 2 is 1.89 bits per heavy atom. The van der Waals surface area contributed by atoms with Gasteiger partial charge in [0.05, 0.1) is 5.41 Å². The van der Waals surface area contributed by atoms with Crippen molar-refractivity contribution in [3.63, 3.8) is 0 Å². The number of carbonyl (C=O) groups excluding carboxylic acids is 1. The molecule has 0 radical (unpaired) electrons. The number of aliphatic carboxylic acids is 1. The van der Waals surface area contributed by atoms with Crippen LogP contribution in [0.25, 0.3) is 0 Å². The normalized spacial score (nSPS) is 19.8. The highest BCUT2D eigenvalue weighted by atomic mass is 16.4. The maximum atomic E-state index is 11.8.